The minimum absolute atomic E-state index is 0.250. The van der Waals surface area contributed by atoms with Crippen molar-refractivity contribution < 1.29 is 9.53 Å². The standard InChI is InChI=1S/C14H19NO2/c1-10-5-6-12-11(9-10)7-8-15(12)13(16)17-14(2,3)4/h5-6,9H,7-8H2,1-4H3. The topological polar surface area (TPSA) is 29.5 Å². The molecular weight excluding hydrogens is 214 g/mol. The van der Waals surface area contributed by atoms with Gasteiger partial charge in [0, 0.05) is 6.54 Å². The Morgan fingerprint density at radius 3 is 2.71 bits per heavy atom. The van der Waals surface area contributed by atoms with Crippen molar-refractivity contribution in [3.63, 3.8) is 0 Å². The summed E-state index contributed by atoms with van der Waals surface area (Å²) in [6.07, 6.45) is 0.663. The molecule has 1 aromatic rings. The highest BCUT2D eigenvalue weighted by atomic mass is 16.6. The van der Waals surface area contributed by atoms with Gasteiger partial charge in [0.05, 0.1) is 5.69 Å². The molecule has 17 heavy (non-hydrogen) atoms. The van der Waals surface area contributed by atoms with Gasteiger partial charge in [-0.25, -0.2) is 4.79 Å². The lowest BCUT2D eigenvalue weighted by atomic mass is 10.1. The minimum atomic E-state index is -0.440. The number of hydrogen-bond acceptors (Lipinski definition) is 2. The van der Waals surface area contributed by atoms with E-state index in [2.05, 4.69) is 13.0 Å². The number of carbonyl (C=O) groups is 1. The summed E-state index contributed by atoms with van der Waals surface area (Å²) in [4.78, 5) is 13.7. The number of amides is 1. The largest absolute Gasteiger partial charge is 0.443 e. The van der Waals surface area contributed by atoms with Crippen LogP contribution in [0.15, 0.2) is 18.2 Å². The fourth-order valence-electron chi connectivity index (χ4n) is 2.04. The Kier molecular flexibility index (Phi) is 2.86. The second-order valence-electron chi connectivity index (χ2n) is 5.51. The molecule has 3 nitrogen and oxygen atoms in total. The molecule has 0 unspecified atom stereocenters. The molecule has 0 radical (unpaired) electrons. The van der Waals surface area contributed by atoms with Gasteiger partial charge >= 0.3 is 6.09 Å². The Morgan fingerprint density at radius 1 is 1.35 bits per heavy atom. The third-order valence-corrected chi connectivity index (χ3v) is 2.74. The Bertz CT molecular complexity index is 446. The second-order valence-corrected chi connectivity index (χ2v) is 5.51. The van der Waals surface area contributed by atoms with Crippen LogP contribution in [0.2, 0.25) is 0 Å². The molecule has 0 aliphatic carbocycles. The van der Waals surface area contributed by atoms with E-state index in [9.17, 15) is 4.79 Å². The molecule has 1 aliphatic heterocycles. The lowest BCUT2D eigenvalue weighted by Crippen LogP contribution is -2.35. The lowest BCUT2D eigenvalue weighted by Gasteiger charge is -2.24. The number of hydrogen-bond donors (Lipinski definition) is 0. The van der Waals surface area contributed by atoms with Gasteiger partial charge in [0.1, 0.15) is 5.60 Å². The lowest BCUT2D eigenvalue weighted by molar-refractivity contribution is 0.0584. The van der Waals surface area contributed by atoms with Crippen LogP contribution in [0.5, 0.6) is 0 Å². The molecule has 0 fully saturated rings. The molecule has 92 valence electrons. The monoisotopic (exact) mass is 233 g/mol. The van der Waals surface area contributed by atoms with Crippen molar-refractivity contribution in [1.29, 1.82) is 0 Å². The van der Waals surface area contributed by atoms with E-state index in [1.165, 1.54) is 11.1 Å². The Hall–Kier alpha value is -1.51. The zero-order chi connectivity index (χ0) is 12.6. The summed E-state index contributed by atoms with van der Waals surface area (Å²) in [5.74, 6) is 0. The van der Waals surface area contributed by atoms with Crippen molar-refractivity contribution in [3.8, 4) is 0 Å². The quantitative estimate of drug-likeness (QED) is 0.688. The van der Waals surface area contributed by atoms with E-state index >= 15 is 0 Å². The zero-order valence-corrected chi connectivity index (χ0v) is 10.9. The molecule has 0 spiro atoms. The van der Waals surface area contributed by atoms with Crippen LogP contribution in [0.1, 0.15) is 31.9 Å². The van der Waals surface area contributed by atoms with Crippen LogP contribution in [-0.4, -0.2) is 18.2 Å². The number of carbonyl (C=O) groups excluding carboxylic acids is 1. The van der Waals surface area contributed by atoms with E-state index in [1.54, 1.807) is 4.90 Å². The number of benzene rings is 1. The Balaban J connectivity index is 2.20. The Morgan fingerprint density at radius 2 is 2.06 bits per heavy atom. The zero-order valence-electron chi connectivity index (χ0n) is 10.9. The highest BCUT2D eigenvalue weighted by Crippen LogP contribution is 2.29. The predicted octanol–water partition coefficient (Wildman–Crippen LogP) is 3.29. The van der Waals surface area contributed by atoms with Crippen LogP contribution in [0.25, 0.3) is 0 Å². The molecule has 1 aromatic carbocycles. The molecule has 1 aliphatic rings. The molecule has 0 atom stereocenters. The smallest absolute Gasteiger partial charge is 0.414 e. The molecule has 1 amide bonds. The van der Waals surface area contributed by atoms with Gasteiger partial charge < -0.3 is 4.74 Å². The summed E-state index contributed by atoms with van der Waals surface area (Å²) < 4.78 is 5.40. The normalized spacial score (nSPS) is 14.7. The molecular formula is C14H19NO2. The van der Waals surface area contributed by atoms with Gasteiger partial charge in [0.25, 0.3) is 0 Å². The molecule has 0 aromatic heterocycles. The summed E-state index contributed by atoms with van der Waals surface area (Å²) in [5.41, 5.74) is 3.01. The average molecular weight is 233 g/mol. The van der Waals surface area contributed by atoms with E-state index in [4.69, 9.17) is 4.74 Å². The second kappa shape index (κ2) is 4.06. The van der Waals surface area contributed by atoms with E-state index < -0.39 is 5.60 Å². The molecule has 0 saturated heterocycles. The van der Waals surface area contributed by atoms with Crippen LogP contribution in [-0.2, 0) is 11.2 Å². The number of aryl methyl sites for hydroxylation is 1. The van der Waals surface area contributed by atoms with E-state index in [-0.39, 0.29) is 6.09 Å². The first-order valence-electron chi connectivity index (χ1n) is 5.97. The van der Waals surface area contributed by atoms with E-state index in [0.717, 1.165) is 12.1 Å². The number of anilines is 1. The molecule has 0 N–H and O–H groups in total. The highest BCUT2D eigenvalue weighted by Gasteiger charge is 2.28. The van der Waals surface area contributed by atoms with Gasteiger partial charge in [-0.15, -0.1) is 0 Å². The summed E-state index contributed by atoms with van der Waals surface area (Å²) in [6.45, 7) is 8.44. The van der Waals surface area contributed by atoms with Gasteiger partial charge in [0.15, 0.2) is 0 Å². The van der Waals surface area contributed by atoms with Gasteiger partial charge in [-0.3, -0.25) is 4.90 Å². The SMILES string of the molecule is Cc1ccc2c(c1)CCN2C(=O)OC(C)(C)C. The van der Waals surface area contributed by atoms with Crippen LogP contribution in [0, 0.1) is 6.92 Å². The molecule has 3 heteroatoms. The van der Waals surface area contributed by atoms with E-state index in [1.807, 2.05) is 32.9 Å². The molecule has 0 bridgehead atoms. The van der Waals surface area contributed by atoms with Crippen molar-refractivity contribution >= 4 is 11.8 Å². The summed E-state index contributed by atoms with van der Waals surface area (Å²) in [5, 5.41) is 0. The third-order valence-electron chi connectivity index (χ3n) is 2.74. The highest BCUT2D eigenvalue weighted by molar-refractivity contribution is 5.90. The summed E-state index contributed by atoms with van der Waals surface area (Å²) in [6, 6.07) is 6.17. The maximum absolute atomic E-state index is 12.0. The number of ether oxygens (including phenoxy) is 1. The van der Waals surface area contributed by atoms with Gasteiger partial charge in [0.2, 0.25) is 0 Å². The molecule has 1 heterocycles. The van der Waals surface area contributed by atoms with E-state index in [0.29, 0.717) is 6.54 Å². The summed E-state index contributed by atoms with van der Waals surface area (Å²) >= 11 is 0. The van der Waals surface area contributed by atoms with Crippen LogP contribution < -0.4 is 4.90 Å². The van der Waals surface area contributed by atoms with Crippen molar-refractivity contribution in [2.45, 2.75) is 39.7 Å². The number of nitrogens with zero attached hydrogens (tertiary/aromatic N) is 1. The Labute approximate surface area is 102 Å². The maximum atomic E-state index is 12.0. The first kappa shape index (κ1) is 12.0. The van der Waals surface area contributed by atoms with Crippen molar-refractivity contribution in [1.82, 2.24) is 0 Å². The molecule has 2 rings (SSSR count). The number of rotatable bonds is 0. The van der Waals surface area contributed by atoms with Crippen LogP contribution >= 0.6 is 0 Å². The third kappa shape index (κ3) is 2.60. The van der Waals surface area contributed by atoms with Gasteiger partial charge in [-0.1, -0.05) is 17.7 Å². The van der Waals surface area contributed by atoms with Crippen molar-refractivity contribution in [3.05, 3.63) is 29.3 Å². The van der Waals surface area contributed by atoms with Gasteiger partial charge in [-0.05, 0) is 45.7 Å². The maximum Gasteiger partial charge on any atom is 0.414 e. The fourth-order valence-corrected chi connectivity index (χ4v) is 2.04. The van der Waals surface area contributed by atoms with Crippen molar-refractivity contribution in [2.75, 3.05) is 11.4 Å². The first-order chi connectivity index (χ1) is 7.87. The number of fused-ring (bicyclic) bond motifs is 1. The van der Waals surface area contributed by atoms with Crippen LogP contribution in [0.3, 0.4) is 0 Å². The minimum Gasteiger partial charge on any atom is -0.443 e. The summed E-state index contributed by atoms with van der Waals surface area (Å²) in [7, 11) is 0. The predicted molar refractivity (Wildman–Crippen MR) is 68.5 cm³/mol. The molecule has 0 saturated carbocycles. The fraction of sp³-hybridized carbons (Fsp3) is 0.500. The van der Waals surface area contributed by atoms with Gasteiger partial charge in [-0.2, -0.15) is 0 Å². The first-order valence-corrected chi connectivity index (χ1v) is 5.97. The van der Waals surface area contributed by atoms with Crippen molar-refractivity contribution in [2.24, 2.45) is 0 Å². The average Bonchev–Trinajstić information content (AvgIpc) is 2.57. The van der Waals surface area contributed by atoms with Crippen LogP contribution in [0.4, 0.5) is 10.5 Å².